The van der Waals surface area contributed by atoms with E-state index in [1.165, 1.54) is 10.9 Å². The number of amides is 1. The maximum atomic E-state index is 14.9. The molecule has 0 radical (unpaired) electrons. The number of carbonyl (C=O) groups excluding carboxylic acids is 1. The monoisotopic (exact) mass is 430 g/mol. The van der Waals surface area contributed by atoms with E-state index in [1.807, 2.05) is 0 Å². The van der Waals surface area contributed by atoms with Crippen LogP contribution in [0.3, 0.4) is 0 Å². The first kappa shape index (κ1) is 21.6. The topological polar surface area (TPSA) is 126 Å². The van der Waals surface area contributed by atoms with Crippen molar-refractivity contribution in [2.45, 2.75) is 38.0 Å². The molecule has 12 heteroatoms. The van der Waals surface area contributed by atoms with Crippen molar-refractivity contribution in [1.82, 2.24) is 19.5 Å². The summed E-state index contributed by atoms with van der Waals surface area (Å²) in [6.45, 7) is 2.80. The van der Waals surface area contributed by atoms with E-state index in [9.17, 15) is 19.4 Å². The summed E-state index contributed by atoms with van der Waals surface area (Å²) < 4.78 is 21.8. The van der Waals surface area contributed by atoms with Crippen molar-refractivity contribution >= 4 is 40.4 Å². The first-order valence-corrected chi connectivity index (χ1v) is 9.58. The van der Waals surface area contributed by atoms with Crippen LogP contribution in [0.4, 0.5) is 16.2 Å². The van der Waals surface area contributed by atoms with Crippen molar-refractivity contribution in [2.24, 2.45) is 5.92 Å². The van der Waals surface area contributed by atoms with Gasteiger partial charge in [-0.25, -0.2) is 9.37 Å². The molecule has 0 unspecified atom stereocenters. The molecule has 3 heterocycles. The van der Waals surface area contributed by atoms with Crippen LogP contribution < -0.4 is 10.2 Å². The summed E-state index contributed by atoms with van der Waals surface area (Å²) in [7, 11) is 3.49. The third-order valence-electron chi connectivity index (χ3n) is 4.82. The van der Waals surface area contributed by atoms with Gasteiger partial charge in [0, 0.05) is 20.0 Å². The number of aromatic nitrogens is 4. The molecule has 3 N–H and O–H groups in total. The Bertz CT molecular complexity index is 903. The highest BCUT2D eigenvalue weighted by Gasteiger charge is 2.55. The highest BCUT2D eigenvalue weighted by molar-refractivity contribution is 6.18. The largest absolute Gasteiger partial charge is 0.393 e. The smallest absolute Gasteiger partial charge is 0.233 e. The maximum Gasteiger partial charge on any atom is 0.233 e. The summed E-state index contributed by atoms with van der Waals surface area (Å²) in [5.41, 5.74) is -1.09. The molecular formula is C17H24ClFN6O4. The van der Waals surface area contributed by atoms with E-state index in [0.717, 1.165) is 0 Å². The Morgan fingerprint density at radius 1 is 1.48 bits per heavy atom. The molecule has 29 heavy (non-hydrogen) atoms. The van der Waals surface area contributed by atoms with Gasteiger partial charge < -0.3 is 19.8 Å². The number of anilines is 2. The van der Waals surface area contributed by atoms with E-state index in [2.05, 4.69) is 20.3 Å². The molecule has 2 aromatic rings. The number of alkyl halides is 2. The van der Waals surface area contributed by atoms with Crippen LogP contribution in [0, 0.1) is 5.92 Å². The van der Waals surface area contributed by atoms with Gasteiger partial charge in [0.15, 0.2) is 29.4 Å². The van der Waals surface area contributed by atoms with Crippen LogP contribution in [0.25, 0.3) is 11.2 Å². The minimum atomic E-state index is -1.88. The summed E-state index contributed by atoms with van der Waals surface area (Å²) in [6, 6.07) is 0. The summed E-state index contributed by atoms with van der Waals surface area (Å²) >= 11 is 5.83. The number of fused-ring (bicyclic) bond motifs is 1. The molecule has 0 aromatic carbocycles. The Kier molecular flexibility index (Phi) is 5.95. The molecule has 3 rings (SSSR count). The quantitative estimate of drug-likeness (QED) is 0.571. The van der Waals surface area contributed by atoms with E-state index in [0.29, 0.717) is 11.3 Å². The van der Waals surface area contributed by atoms with Crippen LogP contribution >= 0.6 is 11.6 Å². The highest BCUT2D eigenvalue weighted by atomic mass is 35.5. The summed E-state index contributed by atoms with van der Waals surface area (Å²) in [5, 5.41) is 22.5. The fraction of sp³-hybridized carbons (Fsp3) is 0.647. The fourth-order valence-corrected chi connectivity index (χ4v) is 3.33. The summed E-state index contributed by atoms with van der Waals surface area (Å²) in [6.07, 6.45) is -3.53. The molecule has 0 spiro atoms. The van der Waals surface area contributed by atoms with E-state index in [1.54, 1.807) is 32.8 Å². The molecule has 0 aliphatic carbocycles. The Balaban J connectivity index is 2.10. The Morgan fingerprint density at radius 3 is 2.69 bits per heavy atom. The molecule has 2 aromatic heterocycles. The van der Waals surface area contributed by atoms with Gasteiger partial charge in [0.25, 0.3) is 0 Å². The third-order valence-corrected chi connectivity index (χ3v) is 5.27. The van der Waals surface area contributed by atoms with Crippen LogP contribution in [0.1, 0.15) is 20.1 Å². The number of aliphatic hydroxyl groups excluding tert-OH is 2. The predicted octanol–water partition coefficient (Wildman–Crippen LogP) is 0.684. The van der Waals surface area contributed by atoms with Crippen LogP contribution in [0.15, 0.2) is 6.33 Å². The number of ether oxygens (including phenoxy) is 1. The Labute approximate surface area is 171 Å². The van der Waals surface area contributed by atoms with Gasteiger partial charge >= 0.3 is 0 Å². The number of hydrogen-bond donors (Lipinski definition) is 3. The van der Waals surface area contributed by atoms with Crippen molar-refractivity contribution in [3.05, 3.63) is 6.33 Å². The number of hydrogen-bond acceptors (Lipinski definition) is 8. The molecule has 1 amide bonds. The molecule has 10 nitrogen and oxygen atoms in total. The number of rotatable bonds is 6. The second-order valence-corrected chi connectivity index (χ2v) is 7.75. The van der Waals surface area contributed by atoms with E-state index < -0.39 is 30.7 Å². The molecule has 1 saturated heterocycles. The molecule has 1 fully saturated rings. The Hall–Kier alpha value is -2.08. The molecule has 0 bridgehead atoms. The van der Waals surface area contributed by atoms with Gasteiger partial charge in [0.05, 0.1) is 18.8 Å². The zero-order valence-corrected chi connectivity index (χ0v) is 17.3. The van der Waals surface area contributed by atoms with E-state index in [4.69, 9.17) is 16.3 Å². The minimum absolute atomic E-state index is 0.0290. The zero-order valence-electron chi connectivity index (χ0n) is 16.5. The van der Waals surface area contributed by atoms with Crippen molar-refractivity contribution < 1.29 is 24.1 Å². The lowest BCUT2D eigenvalue weighted by molar-refractivity contribution is -0.118. The van der Waals surface area contributed by atoms with Gasteiger partial charge in [-0.2, -0.15) is 9.97 Å². The lowest BCUT2D eigenvalue weighted by Crippen LogP contribution is -2.47. The number of aliphatic hydroxyl groups is 2. The standard InChI is InChI=1S/C17H24ClFN6O4/c1-8(2)14(28)23-16-21-12(24(3)4)10-13(22-16)25(7-20-10)15-9(19)11(27)17(5-18,6-26)29-15/h7-9,11,15,26-27H,5-6H2,1-4H3,(H,21,22,23,28)/t9-,11+,15-,17-/m1/s1. The fourth-order valence-electron chi connectivity index (χ4n) is 3.03. The average Bonchev–Trinajstić information content (AvgIpc) is 3.21. The zero-order chi connectivity index (χ0) is 21.5. The SMILES string of the molecule is CC(C)C(=O)Nc1nc(N(C)C)c2ncn([C@@H]3O[C@@](CO)(CCl)[C@@H](O)[C@H]3F)c2n1. The first-order valence-electron chi connectivity index (χ1n) is 9.04. The second kappa shape index (κ2) is 7.98. The number of carbonyl (C=O) groups is 1. The molecule has 0 saturated carbocycles. The lowest BCUT2D eigenvalue weighted by atomic mass is 9.99. The molecule has 1 aliphatic heterocycles. The maximum absolute atomic E-state index is 14.9. The normalized spacial score (nSPS) is 27.0. The van der Waals surface area contributed by atoms with E-state index >= 15 is 0 Å². The number of nitrogens with zero attached hydrogens (tertiary/aromatic N) is 5. The van der Waals surface area contributed by atoms with Gasteiger partial charge in [-0.1, -0.05) is 13.8 Å². The van der Waals surface area contributed by atoms with Gasteiger partial charge in [-0.15, -0.1) is 11.6 Å². The van der Waals surface area contributed by atoms with Crippen molar-refractivity contribution in [1.29, 1.82) is 0 Å². The molecular weight excluding hydrogens is 407 g/mol. The van der Waals surface area contributed by atoms with Crippen molar-refractivity contribution in [3.8, 4) is 0 Å². The van der Waals surface area contributed by atoms with Gasteiger partial charge in [-0.3, -0.25) is 14.7 Å². The third kappa shape index (κ3) is 3.63. The average molecular weight is 431 g/mol. The van der Waals surface area contributed by atoms with Gasteiger partial charge in [0.1, 0.15) is 11.7 Å². The van der Waals surface area contributed by atoms with Crippen LogP contribution in [-0.4, -0.2) is 80.1 Å². The second-order valence-electron chi connectivity index (χ2n) is 7.49. The van der Waals surface area contributed by atoms with E-state index in [-0.39, 0.29) is 29.3 Å². The minimum Gasteiger partial charge on any atom is -0.393 e. The predicted molar refractivity (Wildman–Crippen MR) is 105 cm³/mol. The van der Waals surface area contributed by atoms with Crippen LogP contribution in [0.2, 0.25) is 0 Å². The summed E-state index contributed by atoms with van der Waals surface area (Å²) in [4.78, 5) is 26.6. The molecule has 160 valence electrons. The lowest BCUT2D eigenvalue weighted by Gasteiger charge is -2.26. The van der Waals surface area contributed by atoms with Crippen molar-refractivity contribution in [3.63, 3.8) is 0 Å². The van der Waals surface area contributed by atoms with Gasteiger partial charge in [-0.05, 0) is 0 Å². The number of halogens is 2. The molecule has 4 atom stereocenters. The number of nitrogens with one attached hydrogen (secondary N) is 1. The number of imidazole rings is 1. The summed E-state index contributed by atoms with van der Waals surface area (Å²) in [5.74, 6) is -0.437. The van der Waals surface area contributed by atoms with Crippen LogP contribution in [0.5, 0.6) is 0 Å². The van der Waals surface area contributed by atoms with Crippen molar-refractivity contribution in [2.75, 3.05) is 36.8 Å². The first-order chi connectivity index (χ1) is 13.6. The Morgan fingerprint density at radius 2 is 2.17 bits per heavy atom. The van der Waals surface area contributed by atoms with Crippen LogP contribution in [-0.2, 0) is 9.53 Å². The molecule has 1 aliphatic rings. The van der Waals surface area contributed by atoms with Gasteiger partial charge in [0.2, 0.25) is 11.9 Å². The highest BCUT2D eigenvalue weighted by Crippen LogP contribution is 2.41.